The first-order chi connectivity index (χ1) is 6.22. The molecule has 7 N–H and O–H groups in total. The summed E-state index contributed by atoms with van der Waals surface area (Å²) in [7, 11) is 0. The van der Waals surface area contributed by atoms with Gasteiger partial charge in [-0.1, -0.05) is 0 Å². The minimum atomic E-state index is 0.196. The molecule has 0 radical (unpaired) electrons. The summed E-state index contributed by atoms with van der Waals surface area (Å²) >= 11 is 0. The minimum Gasteiger partial charge on any atom is -0.507 e. The van der Waals surface area contributed by atoms with Crippen molar-refractivity contribution in [3.63, 3.8) is 0 Å². The van der Waals surface area contributed by atoms with Gasteiger partial charge in [-0.25, -0.2) is 0 Å². The molecule has 0 heterocycles. The highest BCUT2D eigenvalue weighted by atomic mass is 16.3. The maximum absolute atomic E-state index is 9.61. The zero-order valence-corrected chi connectivity index (χ0v) is 7.46. The van der Waals surface area contributed by atoms with E-state index in [1.807, 2.05) is 0 Å². The molecule has 0 aromatic heterocycles. The van der Waals surface area contributed by atoms with E-state index in [-0.39, 0.29) is 5.75 Å². The van der Waals surface area contributed by atoms with Gasteiger partial charge in [0.25, 0.3) is 0 Å². The Bertz CT molecular complexity index is 274. The van der Waals surface area contributed by atoms with Crippen molar-refractivity contribution in [3.8, 4) is 5.75 Å². The molecule has 0 bridgehead atoms. The van der Waals surface area contributed by atoms with Crippen LogP contribution >= 0.6 is 0 Å². The molecule has 4 nitrogen and oxygen atoms in total. The summed E-state index contributed by atoms with van der Waals surface area (Å²) < 4.78 is 0. The lowest BCUT2D eigenvalue weighted by Gasteiger charge is -2.09. The number of phenolic OH excluding ortho intramolecular Hbond substituents is 1. The third-order valence-corrected chi connectivity index (χ3v) is 2.00. The number of aromatic hydroxyl groups is 1. The second-order valence-electron chi connectivity index (χ2n) is 2.88. The molecule has 4 heteroatoms. The highest BCUT2D eigenvalue weighted by Gasteiger charge is 2.06. The Labute approximate surface area is 77.3 Å². The molecule has 0 spiro atoms. The number of phenols is 1. The van der Waals surface area contributed by atoms with Gasteiger partial charge in [-0.2, -0.15) is 0 Å². The first-order valence-electron chi connectivity index (χ1n) is 4.16. The number of nitrogens with two attached hydrogens (primary N) is 3. The van der Waals surface area contributed by atoms with Gasteiger partial charge in [-0.15, -0.1) is 0 Å². The fourth-order valence-electron chi connectivity index (χ4n) is 1.26. The van der Waals surface area contributed by atoms with Crippen LogP contribution in [0.5, 0.6) is 5.75 Å². The normalized spacial score (nSPS) is 10.4. The maximum atomic E-state index is 9.61. The summed E-state index contributed by atoms with van der Waals surface area (Å²) in [6.07, 6.45) is 0. The molecule has 0 fully saturated rings. The molecule has 13 heavy (non-hydrogen) atoms. The van der Waals surface area contributed by atoms with Crippen molar-refractivity contribution in [1.82, 2.24) is 0 Å². The van der Waals surface area contributed by atoms with Crippen molar-refractivity contribution < 1.29 is 5.11 Å². The molecular weight excluding hydrogens is 166 g/mol. The Morgan fingerprint density at radius 1 is 0.923 bits per heavy atom. The average molecular weight is 181 g/mol. The third-order valence-electron chi connectivity index (χ3n) is 2.00. The van der Waals surface area contributed by atoms with Crippen LogP contribution in [0, 0.1) is 0 Å². The van der Waals surface area contributed by atoms with Crippen molar-refractivity contribution in [3.05, 3.63) is 28.8 Å². The Morgan fingerprint density at radius 2 is 1.38 bits per heavy atom. The second-order valence-corrected chi connectivity index (χ2v) is 2.88. The van der Waals surface area contributed by atoms with E-state index in [1.54, 1.807) is 12.1 Å². The fraction of sp³-hybridized carbons (Fsp3) is 0.333. The Balaban J connectivity index is 3.20. The van der Waals surface area contributed by atoms with Gasteiger partial charge >= 0.3 is 0 Å². The van der Waals surface area contributed by atoms with Gasteiger partial charge in [0.2, 0.25) is 0 Å². The predicted octanol–water partition coefficient (Wildman–Crippen LogP) is -0.232. The van der Waals surface area contributed by atoms with Gasteiger partial charge in [-0.3, -0.25) is 0 Å². The van der Waals surface area contributed by atoms with E-state index in [9.17, 15) is 5.11 Å². The van der Waals surface area contributed by atoms with Crippen LogP contribution in [-0.2, 0) is 19.6 Å². The highest BCUT2D eigenvalue weighted by Crippen LogP contribution is 2.23. The first kappa shape index (κ1) is 9.98. The zero-order valence-electron chi connectivity index (χ0n) is 7.46. The number of rotatable bonds is 3. The van der Waals surface area contributed by atoms with E-state index >= 15 is 0 Å². The molecule has 1 aromatic carbocycles. The largest absolute Gasteiger partial charge is 0.507 e. The number of hydrogen-bond acceptors (Lipinski definition) is 4. The van der Waals surface area contributed by atoms with E-state index in [4.69, 9.17) is 17.2 Å². The summed E-state index contributed by atoms with van der Waals surface area (Å²) in [6, 6.07) is 3.60. The topological polar surface area (TPSA) is 98.3 Å². The predicted molar refractivity (Wildman–Crippen MR) is 51.8 cm³/mol. The van der Waals surface area contributed by atoms with E-state index in [1.165, 1.54) is 0 Å². The molecule has 0 aliphatic rings. The van der Waals surface area contributed by atoms with Crippen molar-refractivity contribution >= 4 is 0 Å². The van der Waals surface area contributed by atoms with E-state index in [0.717, 1.165) is 5.56 Å². The molecule has 0 saturated heterocycles. The van der Waals surface area contributed by atoms with Crippen LogP contribution in [0.1, 0.15) is 16.7 Å². The van der Waals surface area contributed by atoms with Gasteiger partial charge in [0.05, 0.1) is 0 Å². The Kier molecular flexibility index (Phi) is 3.25. The van der Waals surface area contributed by atoms with Gasteiger partial charge in [0.1, 0.15) is 5.75 Å². The van der Waals surface area contributed by atoms with Gasteiger partial charge in [0, 0.05) is 30.8 Å². The quantitative estimate of drug-likeness (QED) is 0.517. The lowest BCUT2D eigenvalue weighted by atomic mass is 10.0. The van der Waals surface area contributed by atoms with E-state index in [2.05, 4.69) is 0 Å². The molecule has 0 unspecified atom stereocenters. The van der Waals surface area contributed by atoms with Crippen LogP contribution in [0.15, 0.2) is 12.1 Å². The summed E-state index contributed by atoms with van der Waals surface area (Å²) in [5, 5.41) is 9.61. The molecule has 1 aromatic rings. The standard InChI is InChI=1S/C9H15N3O/c10-3-6-1-7(4-11)9(13)8(2-6)5-12/h1-2,13H,3-5,10-12H2. The smallest absolute Gasteiger partial charge is 0.124 e. The van der Waals surface area contributed by atoms with Crippen LogP contribution < -0.4 is 17.2 Å². The van der Waals surface area contributed by atoms with Crippen molar-refractivity contribution in [1.29, 1.82) is 0 Å². The first-order valence-corrected chi connectivity index (χ1v) is 4.16. The molecular formula is C9H15N3O. The molecule has 72 valence electrons. The summed E-state index contributed by atoms with van der Waals surface area (Å²) in [5.74, 6) is 0.196. The van der Waals surface area contributed by atoms with Gasteiger partial charge in [0.15, 0.2) is 0 Å². The second kappa shape index (κ2) is 4.23. The number of benzene rings is 1. The Morgan fingerprint density at radius 3 is 1.69 bits per heavy atom. The zero-order chi connectivity index (χ0) is 9.84. The fourth-order valence-corrected chi connectivity index (χ4v) is 1.26. The third kappa shape index (κ3) is 1.98. The lowest BCUT2D eigenvalue weighted by molar-refractivity contribution is 0.461. The van der Waals surface area contributed by atoms with Gasteiger partial charge in [-0.05, 0) is 17.7 Å². The summed E-state index contributed by atoms with van der Waals surface area (Å²) in [6.45, 7) is 1.03. The molecule has 1 rings (SSSR count). The van der Waals surface area contributed by atoms with E-state index in [0.29, 0.717) is 30.8 Å². The van der Waals surface area contributed by atoms with E-state index < -0.39 is 0 Å². The minimum absolute atomic E-state index is 0.196. The highest BCUT2D eigenvalue weighted by molar-refractivity contribution is 5.43. The molecule has 0 atom stereocenters. The van der Waals surface area contributed by atoms with Crippen LogP contribution in [-0.4, -0.2) is 5.11 Å². The number of hydrogen-bond donors (Lipinski definition) is 4. The van der Waals surface area contributed by atoms with Crippen molar-refractivity contribution in [2.75, 3.05) is 0 Å². The van der Waals surface area contributed by atoms with Crippen LogP contribution in [0.4, 0.5) is 0 Å². The average Bonchev–Trinajstić information content (AvgIpc) is 2.18. The maximum Gasteiger partial charge on any atom is 0.124 e. The Hall–Kier alpha value is -1.10. The van der Waals surface area contributed by atoms with Gasteiger partial charge < -0.3 is 22.3 Å². The molecule has 0 saturated carbocycles. The summed E-state index contributed by atoms with van der Waals surface area (Å²) in [5.41, 5.74) is 18.7. The SMILES string of the molecule is NCc1cc(CN)c(O)c(CN)c1. The summed E-state index contributed by atoms with van der Waals surface area (Å²) in [4.78, 5) is 0. The van der Waals surface area contributed by atoms with Crippen molar-refractivity contribution in [2.45, 2.75) is 19.6 Å². The van der Waals surface area contributed by atoms with Crippen LogP contribution in [0.3, 0.4) is 0 Å². The molecule has 0 aliphatic heterocycles. The molecule has 0 amide bonds. The van der Waals surface area contributed by atoms with Crippen LogP contribution in [0.25, 0.3) is 0 Å². The monoisotopic (exact) mass is 181 g/mol. The lowest BCUT2D eigenvalue weighted by Crippen LogP contribution is -2.06. The van der Waals surface area contributed by atoms with Crippen molar-refractivity contribution in [2.24, 2.45) is 17.2 Å². The molecule has 0 aliphatic carbocycles. The van der Waals surface area contributed by atoms with Crippen LogP contribution in [0.2, 0.25) is 0 Å².